The van der Waals surface area contributed by atoms with E-state index in [1.165, 1.54) is 0 Å². The van der Waals surface area contributed by atoms with Gasteiger partial charge in [-0.3, -0.25) is 0 Å². The quantitative estimate of drug-likeness (QED) is 0.203. The smallest absolute Gasteiger partial charge is 0.164 e. The predicted molar refractivity (Wildman–Crippen MR) is 184 cm³/mol. The molecule has 0 atom stereocenters. The van der Waals surface area contributed by atoms with Gasteiger partial charge in [0.05, 0.1) is 26.0 Å². The van der Waals surface area contributed by atoms with E-state index in [0.717, 1.165) is 0 Å². The average molecular weight is 595 g/mol. The Hall–Kier alpha value is -6.13. The number of fused-ring (bicyclic) bond motifs is 5. The summed E-state index contributed by atoms with van der Waals surface area (Å²) >= 11 is 0. The molecule has 210 valence electrons. The van der Waals surface area contributed by atoms with Crippen molar-refractivity contribution in [3.63, 3.8) is 0 Å². The highest BCUT2D eigenvalue weighted by Crippen LogP contribution is 2.37. The molecule has 45 heavy (non-hydrogen) atoms. The Morgan fingerprint density at radius 2 is 1.11 bits per heavy atom. The van der Waals surface area contributed by atoms with E-state index in [0.29, 0.717) is 16.3 Å². The molecule has 0 fully saturated rings. The lowest BCUT2D eigenvalue weighted by molar-refractivity contribution is 0.669. The zero-order valence-electron chi connectivity index (χ0n) is 41.7. The largest absolute Gasteiger partial charge is 0.456 e. The minimum absolute atomic E-state index is 0.0412. The molecule has 0 aliphatic carbocycles. The predicted octanol–water partition coefficient (Wildman–Crippen LogP) is 10.7. The molecule has 0 saturated heterocycles. The molecule has 2 heterocycles. The third kappa shape index (κ3) is 4.43. The minimum atomic E-state index is -0.704. The number of hydrogen-bond donors (Lipinski definition) is 0. The van der Waals surface area contributed by atoms with Crippen LogP contribution in [0.5, 0.6) is 0 Å². The first-order valence-corrected chi connectivity index (χ1v) is 13.5. The van der Waals surface area contributed by atoms with Crippen LogP contribution in [0.25, 0.3) is 88.8 Å². The van der Waals surface area contributed by atoms with Gasteiger partial charge in [-0.2, -0.15) is 0 Å². The lowest BCUT2D eigenvalue weighted by Crippen LogP contribution is -2.00. The van der Waals surface area contributed by atoms with Gasteiger partial charge in [-0.25, -0.2) is 15.0 Å². The topological polar surface area (TPSA) is 51.8 Å². The molecule has 7 aromatic carbocycles. The first-order valence-electron chi connectivity index (χ1n) is 23.0. The highest BCUT2D eigenvalue weighted by Gasteiger charge is 2.17. The summed E-state index contributed by atoms with van der Waals surface area (Å²) in [4.78, 5) is 13.7. The van der Waals surface area contributed by atoms with Gasteiger partial charge in [-0.05, 0) is 62.9 Å². The van der Waals surface area contributed by atoms with Crippen LogP contribution in [0, 0.1) is 0 Å². The summed E-state index contributed by atoms with van der Waals surface area (Å²) < 4.78 is 168. The fraction of sp³-hybridized carbons (Fsp3) is 0. The number of hydrogen-bond acceptors (Lipinski definition) is 4. The Kier molecular flexibility index (Phi) is 2.93. The van der Waals surface area contributed by atoms with Gasteiger partial charge in [0.2, 0.25) is 0 Å². The van der Waals surface area contributed by atoms with Gasteiger partial charge < -0.3 is 4.42 Å². The summed E-state index contributed by atoms with van der Waals surface area (Å²) in [5, 5.41) is 0.165. The van der Waals surface area contributed by atoms with Crippen LogP contribution in [-0.4, -0.2) is 15.0 Å². The molecular formula is C41H25N3O. The first kappa shape index (κ1) is 12.8. The molecule has 0 spiro atoms. The lowest BCUT2D eigenvalue weighted by atomic mass is 9.98. The molecule has 0 N–H and O–H groups in total. The molecule has 0 bridgehead atoms. The summed E-state index contributed by atoms with van der Waals surface area (Å²) in [6.07, 6.45) is 0. The maximum absolute atomic E-state index is 9.07. The Bertz CT molecular complexity index is 3600. The summed E-state index contributed by atoms with van der Waals surface area (Å²) in [5.74, 6) is -1.05. The van der Waals surface area contributed by atoms with Crippen LogP contribution in [0.1, 0.15) is 26.0 Å². The number of furan rings is 1. The maximum atomic E-state index is 9.07. The molecule has 0 amide bonds. The zero-order chi connectivity index (χ0) is 46.3. The van der Waals surface area contributed by atoms with Crippen LogP contribution in [0.4, 0.5) is 0 Å². The molecule has 0 saturated carbocycles. The molecule has 4 heteroatoms. The van der Waals surface area contributed by atoms with E-state index in [4.69, 9.17) is 30.5 Å². The average Bonchev–Trinajstić information content (AvgIpc) is 3.68. The Morgan fingerprint density at radius 1 is 0.444 bits per heavy atom. The second kappa shape index (κ2) is 10.2. The fourth-order valence-electron chi connectivity index (χ4n) is 5.08. The van der Waals surface area contributed by atoms with Gasteiger partial charge in [0, 0.05) is 27.5 Å². The number of aromatic nitrogens is 3. The van der Waals surface area contributed by atoms with E-state index in [9.17, 15) is 0 Å². The van der Waals surface area contributed by atoms with Crippen molar-refractivity contribution < 1.29 is 30.5 Å². The van der Waals surface area contributed by atoms with Gasteiger partial charge in [0.1, 0.15) is 11.2 Å². The standard InChI is InChI=1S/C41H25N3O/c1-2-10-27(11-3-1)39-42-40(44-41(43-39)35-14-8-16-37-38(35)34-13-6-7-15-36(34)45-37)33-22-21-31-24-30(19-20-32(31)25-33)29-18-17-26-9-4-5-12-28(26)23-29/h1-25H/i1D,2D,3D,4D,5D,6D,7D,8D,9D,10D,11D,12D,13D,14D,15D,16D,17D,18D,23D. The lowest BCUT2D eigenvalue weighted by Gasteiger charge is -2.10. The van der Waals surface area contributed by atoms with Crippen molar-refractivity contribution in [1.29, 1.82) is 0 Å². The van der Waals surface area contributed by atoms with Crippen molar-refractivity contribution in [2.45, 2.75) is 0 Å². The second-order valence-electron chi connectivity index (χ2n) is 9.84. The monoisotopic (exact) mass is 594 g/mol. The second-order valence-corrected chi connectivity index (χ2v) is 9.84. The summed E-state index contributed by atoms with van der Waals surface area (Å²) in [5.41, 5.74) is -1.00. The van der Waals surface area contributed by atoms with Gasteiger partial charge >= 0.3 is 0 Å². The molecule has 0 aliphatic rings. The SMILES string of the molecule is [2H]c1c([2H])c([2H])c(-c2nc(-c3ccc4cc(-c5c([2H])c([2H])c6c([2H])c([2H])c([2H])c([2H])c6c5[2H])ccc4c3)nc(-c3c([2H])c([2H])c([2H])c4oc5c([2H])c([2H])c([2H])c([2H])c5c34)n2)c([2H])c1[2H]. The number of rotatable bonds is 4. The third-order valence-electron chi connectivity index (χ3n) is 7.17. The zero-order valence-corrected chi connectivity index (χ0v) is 22.7. The molecule has 0 radical (unpaired) electrons. The first-order chi connectivity index (χ1) is 30.2. The maximum Gasteiger partial charge on any atom is 0.164 e. The fourth-order valence-corrected chi connectivity index (χ4v) is 5.08. The Balaban J connectivity index is 1.30. The van der Waals surface area contributed by atoms with Gasteiger partial charge in [0.15, 0.2) is 17.5 Å². The van der Waals surface area contributed by atoms with Crippen molar-refractivity contribution in [3.8, 4) is 45.3 Å². The van der Waals surface area contributed by atoms with Crippen molar-refractivity contribution in [3.05, 3.63) is 151 Å². The summed E-state index contributed by atoms with van der Waals surface area (Å²) in [6.45, 7) is 0. The molecule has 9 aromatic rings. The van der Waals surface area contributed by atoms with Crippen LogP contribution in [-0.2, 0) is 0 Å². The number of para-hydroxylation sites is 1. The third-order valence-corrected chi connectivity index (χ3v) is 7.17. The minimum Gasteiger partial charge on any atom is -0.456 e. The van der Waals surface area contributed by atoms with Crippen molar-refractivity contribution in [1.82, 2.24) is 15.0 Å². The van der Waals surface area contributed by atoms with E-state index in [2.05, 4.69) is 15.0 Å². The van der Waals surface area contributed by atoms with E-state index in [-0.39, 0.29) is 61.3 Å². The van der Waals surface area contributed by atoms with Crippen LogP contribution in [0.15, 0.2) is 156 Å². The summed E-state index contributed by atoms with van der Waals surface area (Å²) in [6, 6.07) is -1.73. The molecule has 9 rings (SSSR count). The van der Waals surface area contributed by atoms with Gasteiger partial charge in [-0.15, -0.1) is 0 Å². The van der Waals surface area contributed by atoms with E-state index in [1.54, 1.807) is 36.4 Å². The van der Waals surface area contributed by atoms with Crippen molar-refractivity contribution in [2.75, 3.05) is 0 Å². The molecule has 2 aromatic heterocycles. The van der Waals surface area contributed by atoms with Gasteiger partial charge in [0.25, 0.3) is 0 Å². The molecule has 0 unspecified atom stereocenters. The highest BCUT2D eigenvalue weighted by molar-refractivity contribution is 6.11. The normalized spacial score (nSPS) is 17.5. The highest BCUT2D eigenvalue weighted by atomic mass is 16.3. The number of nitrogens with zero attached hydrogens (tertiary/aromatic N) is 3. The van der Waals surface area contributed by atoms with E-state index >= 15 is 0 Å². The number of benzene rings is 7. The van der Waals surface area contributed by atoms with Crippen LogP contribution in [0.2, 0.25) is 0 Å². The van der Waals surface area contributed by atoms with E-state index < -0.39 is 126 Å². The van der Waals surface area contributed by atoms with Crippen molar-refractivity contribution >= 4 is 43.5 Å². The molecule has 4 nitrogen and oxygen atoms in total. The van der Waals surface area contributed by atoms with Crippen LogP contribution in [0.3, 0.4) is 0 Å². The van der Waals surface area contributed by atoms with Crippen LogP contribution >= 0.6 is 0 Å². The molecule has 0 aliphatic heterocycles. The van der Waals surface area contributed by atoms with Crippen molar-refractivity contribution in [2.24, 2.45) is 0 Å². The molecular weight excluding hydrogens is 550 g/mol. The van der Waals surface area contributed by atoms with E-state index in [1.807, 2.05) is 0 Å². The Morgan fingerprint density at radius 3 is 1.98 bits per heavy atom. The summed E-state index contributed by atoms with van der Waals surface area (Å²) in [7, 11) is 0. The van der Waals surface area contributed by atoms with Gasteiger partial charge in [-0.1, -0.05) is 121 Å². The Labute approximate surface area is 286 Å². The van der Waals surface area contributed by atoms with Crippen LogP contribution < -0.4 is 0 Å².